The number of nitrogen functional groups attached to an aromatic ring is 1. The summed E-state index contributed by atoms with van der Waals surface area (Å²) in [4.78, 5) is 0.0542. The fourth-order valence-corrected chi connectivity index (χ4v) is 3.38. The molecule has 0 heterocycles. The van der Waals surface area contributed by atoms with Crippen LogP contribution in [-0.4, -0.2) is 15.0 Å². The van der Waals surface area contributed by atoms with E-state index < -0.39 is 10.0 Å². The van der Waals surface area contributed by atoms with E-state index in [-0.39, 0.29) is 9.92 Å². The molecule has 2 rings (SSSR count). The molecule has 0 amide bonds. The first-order valence-corrected chi connectivity index (χ1v) is 7.40. The lowest BCUT2D eigenvalue weighted by atomic mass is 9.86. The third-order valence-electron chi connectivity index (χ3n) is 3.03. The molecule has 1 fully saturated rings. The van der Waals surface area contributed by atoms with Crippen LogP contribution in [0.25, 0.3) is 0 Å². The van der Waals surface area contributed by atoms with E-state index in [1.165, 1.54) is 18.6 Å². The molecule has 0 aromatic heterocycles. The third kappa shape index (κ3) is 2.91. The molecule has 94 valence electrons. The Kier molecular flexibility index (Phi) is 3.61. The van der Waals surface area contributed by atoms with Gasteiger partial charge in [0.2, 0.25) is 10.0 Å². The van der Waals surface area contributed by atoms with Crippen molar-refractivity contribution in [3.05, 3.63) is 23.2 Å². The van der Waals surface area contributed by atoms with Crippen molar-refractivity contribution in [2.45, 2.75) is 24.2 Å². The largest absolute Gasteiger partial charge is 0.399 e. The minimum Gasteiger partial charge on any atom is -0.399 e. The first kappa shape index (κ1) is 12.7. The molecular weight excluding hydrogens is 260 g/mol. The monoisotopic (exact) mass is 274 g/mol. The Morgan fingerprint density at radius 1 is 1.41 bits per heavy atom. The van der Waals surface area contributed by atoms with Crippen LogP contribution in [0.2, 0.25) is 5.02 Å². The minimum absolute atomic E-state index is 0.0542. The van der Waals surface area contributed by atoms with Crippen molar-refractivity contribution in [3.63, 3.8) is 0 Å². The SMILES string of the molecule is Nc1ccc(Cl)c(S(=O)(=O)NCC2CCC2)c1. The molecule has 0 atom stereocenters. The maximum atomic E-state index is 12.0. The lowest BCUT2D eigenvalue weighted by Crippen LogP contribution is -2.32. The number of halogens is 1. The highest BCUT2D eigenvalue weighted by Gasteiger charge is 2.22. The van der Waals surface area contributed by atoms with Gasteiger partial charge in [-0.2, -0.15) is 0 Å². The summed E-state index contributed by atoms with van der Waals surface area (Å²) in [6.45, 7) is 0.480. The van der Waals surface area contributed by atoms with Gasteiger partial charge in [-0.3, -0.25) is 0 Å². The molecule has 17 heavy (non-hydrogen) atoms. The first-order valence-electron chi connectivity index (χ1n) is 5.54. The fourth-order valence-electron chi connectivity index (χ4n) is 1.73. The predicted molar refractivity (Wildman–Crippen MR) is 68.4 cm³/mol. The van der Waals surface area contributed by atoms with Crippen molar-refractivity contribution >= 4 is 27.3 Å². The number of nitrogens with two attached hydrogens (primary N) is 1. The van der Waals surface area contributed by atoms with Crippen molar-refractivity contribution < 1.29 is 8.42 Å². The van der Waals surface area contributed by atoms with Crippen molar-refractivity contribution in [3.8, 4) is 0 Å². The van der Waals surface area contributed by atoms with E-state index in [1.54, 1.807) is 6.07 Å². The van der Waals surface area contributed by atoms with Crippen LogP contribution in [0.5, 0.6) is 0 Å². The summed E-state index contributed by atoms with van der Waals surface area (Å²) in [7, 11) is -3.55. The van der Waals surface area contributed by atoms with Gasteiger partial charge in [0.1, 0.15) is 4.90 Å². The number of hydrogen-bond acceptors (Lipinski definition) is 3. The molecule has 6 heteroatoms. The molecule has 1 saturated carbocycles. The van der Waals surface area contributed by atoms with Crippen LogP contribution >= 0.6 is 11.6 Å². The maximum Gasteiger partial charge on any atom is 0.242 e. The summed E-state index contributed by atoms with van der Waals surface area (Å²) < 4.78 is 26.6. The van der Waals surface area contributed by atoms with Gasteiger partial charge in [-0.25, -0.2) is 13.1 Å². The van der Waals surface area contributed by atoms with E-state index in [9.17, 15) is 8.42 Å². The molecule has 0 unspecified atom stereocenters. The van der Waals surface area contributed by atoms with E-state index in [4.69, 9.17) is 17.3 Å². The number of hydrogen-bond donors (Lipinski definition) is 2. The molecule has 3 N–H and O–H groups in total. The number of anilines is 1. The van der Waals surface area contributed by atoms with Crippen molar-refractivity contribution in [2.75, 3.05) is 12.3 Å². The summed E-state index contributed by atoms with van der Waals surface area (Å²) in [5, 5.41) is 0.195. The number of sulfonamides is 1. The fraction of sp³-hybridized carbons (Fsp3) is 0.455. The molecule has 4 nitrogen and oxygen atoms in total. The van der Waals surface area contributed by atoms with Gasteiger partial charge in [-0.1, -0.05) is 18.0 Å². The molecule has 0 saturated heterocycles. The Labute approximate surface area is 106 Å². The van der Waals surface area contributed by atoms with E-state index in [0.717, 1.165) is 12.8 Å². The molecular formula is C11H15ClN2O2S. The first-order chi connectivity index (χ1) is 7.99. The summed E-state index contributed by atoms with van der Waals surface area (Å²) in [5.41, 5.74) is 5.95. The highest BCUT2D eigenvalue weighted by Crippen LogP contribution is 2.27. The van der Waals surface area contributed by atoms with Crippen molar-refractivity contribution in [2.24, 2.45) is 5.92 Å². The summed E-state index contributed by atoms with van der Waals surface area (Å²) in [5.74, 6) is 0.463. The van der Waals surface area contributed by atoms with Gasteiger partial charge in [0, 0.05) is 12.2 Å². The van der Waals surface area contributed by atoms with Crippen LogP contribution < -0.4 is 10.5 Å². The Hall–Kier alpha value is -0.780. The quantitative estimate of drug-likeness (QED) is 0.825. The van der Waals surface area contributed by atoms with Gasteiger partial charge >= 0.3 is 0 Å². The van der Waals surface area contributed by atoms with Gasteiger partial charge in [0.25, 0.3) is 0 Å². The standard InChI is InChI=1S/C11H15ClN2O2S/c12-10-5-4-9(13)6-11(10)17(15,16)14-7-8-2-1-3-8/h4-6,8,14H,1-3,7,13H2. The molecule has 1 aliphatic rings. The second kappa shape index (κ2) is 4.84. The average molecular weight is 275 g/mol. The highest BCUT2D eigenvalue weighted by atomic mass is 35.5. The van der Waals surface area contributed by atoms with Crippen LogP contribution in [0, 0.1) is 5.92 Å². The summed E-state index contributed by atoms with van der Waals surface area (Å²) >= 11 is 5.87. The second-order valence-electron chi connectivity index (χ2n) is 4.34. The Morgan fingerprint density at radius 3 is 2.71 bits per heavy atom. The highest BCUT2D eigenvalue weighted by molar-refractivity contribution is 7.89. The smallest absolute Gasteiger partial charge is 0.242 e. The molecule has 0 bridgehead atoms. The topological polar surface area (TPSA) is 72.2 Å². The normalized spacial score (nSPS) is 16.8. The van der Waals surface area contributed by atoms with Crippen LogP contribution in [0.3, 0.4) is 0 Å². The molecule has 1 aromatic carbocycles. The van der Waals surface area contributed by atoms with E-state index in [0.29, 0.717) is 18.2 Å². The Bertz CT molecular complexity index is 512. The summed E-state index contributed by atoms with van der Waals surface area (Å²) in [6, 6.07) is 4.45. The third-order valence-corrected chi connectivity index (χ3v) is 4.94. The second-order valence-corrected chi connectivity index (χ2v) is 6.48. The zero-order valence-corrected chi connectivity index (χ0v) is 10.9. The minimum atomic E-state index is -3.55. The maximum absolute atomic E-state index is 12.0. The molecule has 1 aliphatic carbocycles. The summed E-state index contributed by atoms with van der Waals surface area (Å²) in [6.07, 6.45) is 3.37. The van der Waals surface area contributed by atoms with Gasteiger partial charge in [0.05, 0.1) is 5.02 Å². The predicted octanol–water partition coefficient (Wildman–Crippen LogP) is 2.00. The lowest BCUT2D eigenvalue weighted by molar-refractivity contribution is 0.316. The van der Waals surface area contributed by atoms with E-state index >= 15 is 0 Å². The van der Waals surface area contributed by atoms with Gasteiger partial charge in [-0.15, -0.1) is 0 Å². The zero-order valence-electron chi connectivity index (χ0n) is 9.32. The number of nitrogens with one attached hydrogen (secondary N) is 1. The van der Waals surface area contributed by atoms with Crippen molar-refractivity contribution in [1.82, 2.24) is 4.72 Å². The molecule has 0 aliphatic heterocycles. The van der Waals surface area contributed by atoms with Crippen LogP contribution in [0.4, 0.5) is 5.69 Å². The van der Waals surface area contributed by atoms with Crippen molar-refractivity contribution in [1.29, 1.82) is 0 Å². The van der Waals surface area contributed by atoms with Gasteiger partial charge in [0.15, 0.2) is 0 Å². The van der Waals surface area contributed by atoms with E-state index in [2.05, 4.69) is 4.72 Å². The van der Waals surface area contributed by atoms with Crippen LogP contribution in [-0.2, 0) is 10.0 Å². The average Bonchev–Trinajstić information content (AvgIpc) is 2.19. The number of rotatable bonds is 4. The molecule has 0 radical (unpaired) electrons. The van der Waals surface area contributed by atoms with Gasteiger partial charge < -0.3 is 5.73 Å². The Morgan fingerprint density at radius 2 is 2.12 bits per heavy atom. The van der Waals surface area contributed by atoms with Crippen LogP contribution in [0.1, 0.15) is 19.3 Å². The number of benzene rings is 1. The molecule has 0 spiro atoms. The lowest BCUT2D eigenvalue weighted by Gasteiger charge is -2.25. The van der Waals surface area contributed by atoms with E-state index in [1.807, 2.05) is 0 Å². The Balaban J connectivity index is 2.15. The van der Waals surface area contributed by atoms with Gasteiger partial charge in [-0.05, 0) is 37.0 Å². The molecule has 1 aromatic rings. The van der Waals surface area contributed by atoms with Crippen LogP contribution in [0.15, 0.2) is 23.1 Å². The zero-order chi connectivity index (χ0) is 12.5.